The molecule has 1 aromatic heterocycles. The summed E-state index contributed by atoms with van der Waals surface area (Å²) in [5.41, 5.74) is 0.757. The summed E-state index contributed by atoms with van der Waals surface area (Å²) in [6.07, 6.45) is 0. The van der Waals surface area contributed by atoms with Crippen LogP contribution in [-0.4, -0.2) is 57.8 Å². The highest BCUT2D eigenvalue weighted by atomic mass is 32.2. The molecule has 0 aliphatic carbocycles. The van der Waals surface area contributed by atoms with Crippen molar-refractivity contribution in [2.75, 3.05) is 49.6 Å². The van der Waals surface area contributed by atoms with Gasteiger partial charge in [0.2, 0.25) is 16.0 Å². The van der Waals surface area contributed by atoms with Crippen LogP contribution in [0.5, 0.6) is 0 Å². The zero-order chi connectivity index (χ0) is 20.1. The summed E-state index contributed by atoms with van der Waals surface area (Å²) in [6.45, 7) is 4.58. The SMILES string of the molecule is Cc1cc(N2CCOCC2)nc(NCCNS(=O)(=O)c2c(F)cccc2F)n1. The number of sulfonamides is 1. The van der Waals surface area contributed by atoms with Crippen molar-refractivity contribution in [1.29, 1.82) is 0 Å². The largest absolute Gasteiger partial charge is 0.378 e. The Bertz CT molecular complexity index is 916. The first-order valence-corrected chi connectivity index (χ1v) is 10.2. The van der Waals surface area contributed by atoms with Crippen molar-refractivity contribution < 1.29 is 21.9 Å². The number of hydrogen-bond acceptors (Lipinski definition) is 7. The number of nitrogens with zero attached hydrogens (tertiary/aromatic N) is 3. The van der Waals surface area contributed by atoms with Crippen molar-refractivity contribution >= 4 is 21.8 Å². The van der Waals surface area contributed by atoms with E-state index in [4.69, 9.17) is 4.74 Å². The second-order valence-electron chi connectivity index (χ2n) is 6.17. The van der Waals surface area contributed by atoms with E-state index in [2.05, 4.69) is 24.9 Å². The number of hydrogen-bond donors (Lipinski definition) is 2. The lowest BCUT2D eigenvalue weighted by molar-refractivity contribution is 0.122. The Morgan fingerprint density at radius 2 is 1.82 bits per heavy atom. The first-order chi connectivity index (χ1) is 13.4. The molecule has 1 aliphatic heterocycles. The minimum absolute atomic E-state index is 0.0969. The molecule has 0 radical (unpaired) electrons. The van der Waals surface area contributed by atoms with Crippen molar-refractivity contribution in [3.63, 3.8) is 0 Å². The van der Waals surface area contributed by atoms with Gasteiger partial charge >= 0.3 is 0 Å². The average Bonchev–Trinajstić information content (AvgIpc) is 2.65. The third kappa shape index (κ3) is 4.91. The first kappa shape index (κ1) is 20.4. The molecular weight excluding hydrogens is 392 g/mol. The molecular formula is C17H21F2N5O3S. The quantitative estimate of drug-likeness (QED) is 0.661. The minimum Gasteiger partial charge on any atom is -0.378 e. The predicted molar refractivity (Wildman–Crippen MR) is 99.8 cm³/mol. The molecule has 2 heterocycles. The smallest absolute Gasteiger partial charge is 0.246 e. The fraction of sp³-hybridized carbons (Fsp3) is 0.412. The summed E-state index contributed by atoms with van der Waals surface area (Å²) in [7, 11) is -4.31. The molecule has 0 atom stereocenters. The molecule has 152 valence electrons. The maximum atomic E-state index is 13.7. The van der Waals surface area contributed by atoms with Gasteiger partial charge in [-0.1, -0.05) is 6.07 Å². The van der Waals surface area contributed by atoms with Crippen LogP contribution < -0.4 is 14.9 Å². The number of rotatable bonds is 7. The molecule has 0 amide bonds. The summed E-state index contributed by atoms with van der Waals surface area (Å²) in [4.78, 5) is 9.79. The molecule has 1 saturated heterocycles. The molecule has 1 aliphatic rings. The van der Waals surface area contributed by atoms with E-state index in [-0.39, 0.29) is 13.1 Å². The number of morpholine rings is 1. The lowest BCUT2D eigenvalue weighted by atomic mass is 10.3. The Morgan fingerprint density at radius 1 is 1.14 bits per heavy atom. The Hall–Kier alpha value is -2.37. The van der Waals surface area contributed by atoms with Gasteiger partial charge in [-0.15, -0.1) is 0 Å². The summed E-state index contributed by atoms with van der Waals surface area (Å²) in [5.74, 6) is -1.18. The Balaban J connectivity index is 1.60. The van der Waals surface area contributed by atoms with Crippen LogP contribution in [0.4, 0.5) is 20.5 Å². The van der Waals surface area contributed by atoms with Crippen LogP contribution in [0.2, 0.25) is 0 Å². The molecule has 28 heavy (non-hydrogen) atoms. The number of ether oxygens (including phenoxy) is 1. The van der Waals surface area contributed by atoms with Gasteiger partial charge in [0.1, 0.15) is 17.5 Å². The molecule has 0 bridgehead atoms. The van der Waals surface area contributed by atoms with Crippen molar-refractivity contribution in [3.05, 3.63) is 41.6 Å². The van der Waals surface area contributed by atoms with Gasteiger partial charge in [0.15, 0.2) is 4.90 Å². The minimum atomic E-state index is -4.31. The monoisotopic (exact) mass is 413 g/mol. The standard InChI is InChI=1S/C17H21F2N5O3S/c1-12-11-15(24-7-9-27-10-8-24)23-17(22-12)20-5-6-21-28(25,26)16-13(18)3-2-4-14(16)19/h2-4,11,21H,5-10H2,1H3,(H,20,22,23). The number of aryl methyl sites for hydroxylation is 1. The highest BCUT2D eigenvalue weighted by Crippen LogP contribution is 2.18. The van der Waals surface area contributed by atoms with Crippen molar-refractivity contribution in [2.24, 2.45) is 0 Å². The normalized spacial score (nSPS) is 14.9. The van der Waals surface area contributed by atoms with E-state index in [0.717, 1.165) is 42.8 Å². The van der Waals surface area contributed by atoms with Gasteiger partial charge in [0, 0.05) is 37.9 Å². The number of anilines is 2. The lowest BCUT2D eigenvalue weighted by Gasteiger charge is -2.28. The number of aromatic nitrogens is 2. The third-order valence-electron chi connectivity index (χ3n) is 4.06. The average molecular weight is 413 g/mol. The Kier molecular flexibility index (Phi) is 6.37. The fourth-order valence-corrected chi connectivity index (χ4v) is 3.92. The highest BCUT2D eigenvalue weighted by Gasteiger charge is 2.23. The van der Waals surface area contributed by atoms with Crippen LogP contribution in [0.3, 0.4) is 0 Å². The van der Waals surface area contributed by atoms with Gasteiger partial charge in [-0.3, -0.25) is 0 Å². The van der Waals surface area contributed by atoms with Gasteiger partial charge in [-0.2, -0.15) is 4.98 Å². The lowest BCUT2D eigenvalue weighted by Crippen LogP contribution is -2.37. The van der Waals surface area contributed by atoms with Gasteiger partial charge in [-0.05, 0) is 19.1 Å². The van der Waals surface area contributed by atoms with Crippen molar-refractivity contribution in [2.45, 2.75) is 11.8 Å². The highest BCUT2D eigenvalue weighted by molar-refractivity contribution is 7.89. The molecule has 0 saturated carbocycles. The van der Waals surface area contributed by atoms with Crippen LogP contribution in [0, 0.1) is 18.6 Å². The molecule has 8 nitrogen and oxygen atoms in total. The molecule has 0 unspecified atom stereocenters. The molecule has 2 aromatic rings. The van der Waals surface area contributed by atoms with E-state index < -0.39 is 26.6 Å². The molecule has 2 N–H and O–H groups in total. The Morgan fingerprint density at radius 3 is 2.50 bits per heavy atom. The van der Waals surface area contributed by atoms with Crippen LogP contribution >= 0.6 is 0 Å². The van der Waals surface area contributed by atoms with Crippen LogP contribution in [0.25, 0.3) is 0 Å². The topological polar surface area (TPSA) is 96.5 Å². The van der Waals surface area contributed by atoms with E-state index in [1.54, 1.807) is 0 Å². The summed E-state index contributed by atoms with van der Waals surface area (Å²) in [6, 6.07) is 4.75. The zero-order valence-corrected chi connectivity index (χ0v) is 16.1. The van der Waals surface area contributed by atoms with Crippen molar-refractivity contribution in [3.8, 4) is 0 Å². The molecule has 11 heteroatoms. The fourth-order valence-electron chi connectivity index (χ4n) is 2.76. The van der Waals surface area contributed by atoms with E-state index in [1.165, 1.54) is 0 Å². The zero-order valence-electron chi connectivity index (χ0n) is 15.3. The maximum absolute atomic E-state index is 13.7. The van der Waals surface area contributed by atoms with Gasteiger partial charge in [-0.25, -0.2) is 26.9 Å². The van der Waals surface area contributed by atoms with Gasteiger partial charge < -0.3 is 15.0 Å². The van der Waals surface area contributed by atoms with Gasteiger partial charge in [0.25, 0.3) is 0 Å². The first-order valence-electron chi connectivity index (χ1n) is 8.73. The van der Waals surface area contributed by atoms with Crippen LogP contribution in [-0.2, 0) is 14.8 Å². The molecule has 3 rings (SSSR count). The second kappa shape index (κ2) is 8.76. The second-order valence-corrected chi connectivity index (χ2v) is 7.87. The van der Waals surface area contributed by atoms with E-state index in [1.807, 2.05) is 13.0 Å². The molecule has 1 aromatic carbocycles. The summed E-state index contributed by atoms with van der Waals surface area (Å²) in [5, 5.41) is 2.92. The number of benzene rings is 1. The summed E-state index contributed by atoms with van der Waals surface area (Å²) >= 11 is 0. The number of halogens is 2. The van der Waals surface area contributed by atoms with Crippen LogP contribution in [0.1, 0.15) is 5.69 Å². The van der Waals surface area contributed by atoms with Gasteiger partial charge in [0.05, 0.1) is 13.2 Å². The van der Waals surface area contributed by atoms with E-state index in [9.17, 15) is 17.2 Å². The summed E-state index contributed by atoms with van der Waals surface area (Å²) < 4.78 is 59.1. The molecule has 1 fully saturated rings. The van der Waals surface area contributed by atoms with Crippen LogP contribution in [0.15, 0.2) is 29.2 Å². The van der Waals surface area contributed by atoms with E-state index in [0.29, 0.717) is 19.2 Å². The van der Waals surface area contributed by atoms with E-state index >= 15 is 0 Å². The van der Waals surface area contributed by atoms with Crippen molar-refractivity contribution in [1.82, 2.24) is 14.7 Å². The number of nitrogens with one attached hydrogen (secondary N) is 2. The third-order valence-corrected chi connectivity index (χ3v) is 5.58. The Labute approximate surface area is 162 Å². The molecule has 0 spiro atoms. The maximum Gasteiger partial charge on any atom is 0.246 e. The predicted octanol–water partition coefficient (Wildman–Crippen LogP) is 1.29.